The molecule has 0 atom stereocenters. The van der Waals surface area contributed by atoms with E-state index in [9.17, 15) is 0 Å². The van der Waals surface area contributed by atoms with E-state index >= 15 is 0 Å². The Morgan fingerprint density at radius 1 is 1.18 bits per heavy atom. The summed E-state index contributed by atoms with van der Waals surface area (Å²) in [5.74, 6) is 5.98. The second-order valence-electron chi connectivity index (χ2n) is 4.62. The first-order valence-corrected chi connectivity index (χ1v) is 7.40. The van der Waals surface area contributed by atoms with Crippen LogP contribution in [0.4, 0.5) is 5.69 Å². The molecule has 0 fully saturated rings. The number of benzene rings is 1. The lowest BCUT2D eigenvalue weighted by Gasteiger charge is -2.26. The average molecular weight is 298 g/mol. The summed E-state index contributed by atoms with van der Waals surface area (Å²) in [5.41, 5.74) is 11.5. The van der Waals surface area contributed by atoms with Crippen LogP contribution < -0.4 is 16.9 Å². The molecule has 1 heterocycles. The molecule has 0 bridgehead atoms. The number of hydrogen-bond acceptors (Lipinski definition) is 4. The number of nitrogens with one attached hydrogen (secondary N) is 1. The summed E-state index contributed by atoms with van der Waals surface area (Å²) < 4.78 is 0. The van der Waals surface area contributed by atoms with E-state index < -0.39 is 0 Å². The number of rotatable bonds is 3. The van der Waals surface area contributed by atoms with E-state index in [2.05, 4.69) is 18.5 Å². The lowest BCUT2D eigenvalue weighted by molar-refractivity contribution is 0.451. The highest BCUT2D eigenvalue weighted by molar-refractivity contribution is 5.80. The molecule has 22 heavy (non-hydrogen) atoms. The van der Waals surface area contributed by atoms with E-state index in [1.54, 1.807) is 19.2 Å². The highest BCUT2D eigenvalue weighted by Gasteiger charge is 2.19. The Labute approximate surface area is 133 Å². The van der Waals surface area contributed by atoms with Crippen LogP contribution in [-0.2, 0) is 0 Å². The molecular formula is C18H26N4. The molecule has 4 heteroatoms. The average Bonchev–Trinajstić information content (AvgIpc) is 2.54. The van der Waals surface area contributed by atoms with Crippen LogP contribution >= 0.6 is 0 Å². The van der Waals surface area contributed by atoms with Crippen molar-refractivity contribution in [2.45, 2.75) is 13.8 Å². The Morgan fingerprint density at radius 3 is 2.36 bits per heavy atom. The summed E-state index contributed by atoms with van der Waals surface area (Å²) in [6, 6.07) is 7.89. The number of anilines is 1. The summed E-state index contributed by atoms with van der Waals surface area (Å²) in [4.78, 5) is 0. The van der Waals surface area contributed by atoms with Crippen LogP contribution in [0.1, 0.15) is 19.4 Å². The fraction of sp³-hybridized carbons (Fsp3) is 0.222. The zero-order chi connectivity index (χ0) is 16.7. The number of para-hydroxylation sites is 1. The van der Waals surface area contributed by atoms with Gasteiger partial charge in [-0.2, -0.15) is 0 Å². The molecule has 1 aromatic rings. The molecule has 0 aliphatic carbocycles. The van der Waals surface area contributed by atoms with Gasteiger partial charge in [0, 0.05) is 30.4 Å². The molecule has 0 spiro atoms. The second-order valence-corrected chi connectivity index (χ2v) is 4.62. The van der Waals surface area contributed by atoms with E-state index in [0.717, 1.165) is 28.1 Å². The number of hydrazine groups is 1. The molecule has 1 aromatic carbocycles. The minimum absolute atomic E-state index is 0.618. The molecule has 0 unspecified atom stereocenters. The van der Waals surface area contributed by atoms with Gasteiger partial charge in [0.05, 0.1) is 11.4 Å². The van der Waals surface area contributed by atoms with Gasteiger partial charge in [-0.25, -0.2) is 5.84 Å². The Balaban J connectivity index is 0.00000116. The van der Waals surface area contributed by atoms with Gasteiger partial charge >= 0.3 is 0 Å². The van der Waals surface area contributed by atoms with Crippen LogP contribution in [0.2, 0.25) is 0 Å². The smallest absolute Gasteiger partial charge is 0.0826 e. The van der Waals surface area contributed by atoms with E-state index in [-0.39, 0.29) is 0 Å². The first-order chi connectivity index (χ1) is 10.6. The minimum atomic E-state index is 0.618. The maximum atomic E-state index is 6.35. The molecule has 0 amide bonds. The van der Waals surface area contributed by atoms with Gasteiger partial charge in [-0.15, -0.1) is 0 Å². The maximum Gasteiger partial charge on any atom is 0.0826 e. The zero-order valence-corrected chi connectivity index (χ0v) is 13.7. The summed E-state index contributed by atoms with van der Waals surface area (Å²) in [7, 11) is 1.77. The second kappa shape index (κ2) is 8.10. The molecule has 1 aliphatic heterocycles. The van der Waals surface area contributed by atoms with Crippen LogP contribution in [0.5, 0.6) is 0 Å². The van der Waals surface area contributed by atoms with Crippen molar-refractivity contribution >= 4 is 11.4 Å². The summed E-state index contributed by atoms with van der Waals surface area (Å²) in [6.45, 7) is 12.4. The van der Waals surface area contributed by atoms with E-state index in [0.29, 0.717) is 12.2 Å². The van der Waals surface area contributed by atoms with Gasteiger partial charge in [-0.05, 0) is 11.6 Å². The Hall–Kier alpha value is -2.46. The number of allylic oxidation sites excluding steroid dienone is 1. The molecule has 1 aliphatic rings. The zero-order valence-electron chi connectivity index (χ0n) is 13.7. The molecule has 0 saturated heterocycles. The van der Waals surface area contributed by atoms with Crippen molar-refractivity contribution in [3.05, 3.63) is 72.0 Å². The lowest BCUT2D eigenvalue weighted by atomic mass is 9.97. The summed E-state index contributed by atoms with van der Waals surface area (Å²) >= 11 is 0. The Bertz CT molecular complexity index is 609. The van der Waals surface area contributed by atoms with Crippen LogP contribution in [-0.4, -0.2) is 18.6 Å². The third-order valence-corrected chi connectivity index (χ3v) is 3.35. The predicted molar refractivity (Wildman–Crippen MR) is 96.8 cm³/mol. The van der Waals surface area contributed by atoms with Crippen molar-refractivity contribution in [3.63, 3.8) is 0 Å². The molecule has 118 valence electrons. The molecule has 0 aromatic heterocycles. The minimum Gasteiger partial charge on any atom is -0.396 e. The van der Waals surface area contributed by atoms with Gasteiger partial charge in [-0.3, -0.25) is 0 Å². The van der Waals surface area contributed by atoms with Gasteiger partial charge in [0.25, 0.3) is 0 Å². The number of fused-ring (bicyclic) bond motifs is 1. The molecule has 0 saturated carbocycles. The summed E-state index contributed by atoms with van der Waals surface area (Å²) in [5, 5.41) is 4.90. The van der Waals surface area contributed by atoms with Crippen molar-refractivity contribution in [2.24, 2.45) is 11.6 Å². The van der Waals surface area contributed by atoms with Crippen LogP contribution in [0.25, 0.3) is 5.70 Å². The number of hydrogen-bond donors (Lipinski definition) is 3. The highest BCUT2D eigenvalue weighted by Crippen LogP contribution is 2.31. The fourth-order valence-corrected chi connectivity index (χ4v) is 2.37. The van der Waals surface area contributed by atoms with Crippen LogP contribution in [0.3, 0.4) is 0 Å². The first-order valence-electron chi connectivity index (χ1n) is 7.40. The third-order valence-electron chi connectivity index (χ3n) is 3.35. The van der Waals surface area contributed by atoms with Gasteiger partial charge in [0.2, 0.25) is 0 Å². The van der Waals surface area contributed by atoms with E-state index in [1.807, 2.05) is 38.1 Å². The quantitative estimate of drug-likeness (QED) is 0.592. The molecule has 2 rings (SSSR count). The van der Waals surface area contributed by atoms with Gasteiger partial charge in [0.1, 0.15) is 0 Å². The molecule has 5 N–H and O–H groups in total. The van der Waals surface area contributed by atoms with Crippen molar-refractivity contribution in [2.75, 3.05) is 18.9 Å². The largest absolute Gasteiger partial charge is 0.396 e. The molecule has 0 radical (unpaired) electrons. The van der Waals surface area contributed by atoms with Crippen molar-refractivity contribution in [3.8, 4) is 0 Å². The van der Waals surface area contributed by atoms with Gasteiger partial charge in [-0.1, -0.05) is 57.4 Å². The van der Waals surface area contributed by atoms with Crippen molar-refractivity contribution in [1.29, 1.82) is 0 Å². The lowest BCUT2D eigenvalue weighted by Crippen LogP contribution is -2.30. The first kappa shape index (κ1) is 17.6. The monoisotopic (exact) mass is 298 g/mol. The van der Waals surface area contributed by atoms with Gasteiger partial charge < -0.3 is 16.1 Å². The number of likely N-dealkylation sites (N-methyl/N-ethyl adjacent to an activating group) is 1. The Kier molecular flexibility index (Phi) is 6.47. The van der Waals surface area contributed by atoms with Crippen LogP contribution in [0.15, 0.2) is 66.4 Å². The standard InChI is InChI=1S/C16H20N4.C2H6/c1-4-11-10-19-14-9-7-6-8-13(14)15(17)16(20(3)18)12(11)5-2;1-2/h4-9,19H,1-2,10,17-18H2,3H3;1-2H3/b12-11-,16-15-;. The van der Waals surface area contributed by atoms with E-state index in [1.165, 1.54) is 5.01 Å². The topological polar surface area (TPSA) is 67.3 Å². The van der Waals surface area contributed by atoms with Crippen LogP contribution in [0, 0.1) is 0 Å². The van der Waals surface area contributed by atoms with E-state index in [4.69, 9.17) is 11.6 Å². The third kappa shape index (κ3) is 3.40. The Morgan fingerprint density at radius 2 is 1.82 bits per heavy atom. The SMILES string of the molecule is C=C/C1=C(C=C)/C(N(C)N)=C(/N)c2ccccc2NC1.CC. The van der Waals surface area contributed by atoms with Crippen molar-refractivity contribution in [1.82, 2.24) is 5.01 Å². The predicted octanol–water partition coefficient (Wildman–Crippen LogP) is 3.24. The fourth-order valence-electron chi connectivity index (χ4n) is 2.37. The highest BCUT2D eigenvalue weighted by atomic mass is 15.4. The van der Waals surface area contributed by atoms with Gasteiger partial charge in [0.15, 0.2) is 0 Å². The summed E-state index contributed by atoms with van der Waals surface area (Å²) in [6.07, 6.45) is 3.56. The van der Waals surface area contributed by atoms with Crippen molar-refractivity contribution < 1.29 is 0 Å². The molecular weight excluding hydrogens is 272 g/mol. The number of nitrogens with zero attached hydrogens (tertiary/aromatic N) is 1. The number of nitrogens with two attached hydrogens (primary N) is 2. The molecule has 4 nitrogen and oxygen atoms in total. The maximum absolute atomic E-state index is 6.35. The normalized spacial score (nSPS) is 20.4.